The van der Waals surface area contributed by atoms with Gasteiger partial charge in [-0.1, -0.05) is 0 Å². The minimum absolute atomic E-state index is 0.0672. The number of fused-ring (bicyclic) bond motifs is 2. The van der Waals surface area contributed by atoms with Gasteiger partial charge in [0.05, 0.1) is 0 Å². The van der Waals surface area contributed by atoms with Crippen LogP contribution in [-0.2, 0) is 19.0 Å². The van der Waals surface area contributed by atoms with Crippen molar-refractivity contribution in [2.24, 2.45) is 7.05 Å². The third-order valence-corrected chi connectivity index (χ3v) is 4.70. The summed E-state index contributed by atoms with van der Waals surface area (Å²) in [7, 11) is 1.81. The van der Waals surface area contributed by atoms with E-state index in [9.17, 15) is 4.79 Å². The quantitative estimate of drug-likeness (QED) is 0.771. The van der Waals surface area contributed by atoms with Crippen LogP contribution >= 0.6 is 0 Å². The summed E-state index contributed by atoms with van der Waals surface area (Å²) in [6, 6.07) is 1.78. The highest BCUT2D eigenvalue weighted by molar-refractivity contribution is 5.92. The van der Waals surface area contributed by atoms with Gasteiger partial charge in [0.15, 0.2) is 0 Å². The highest BCUT2D eigenvalue weighted by Gasteiger charge is 2.47. The molecule has 2 aliphatic rings. The van der Waals surface area contributed by atoms with Gasteiger partial charge in [-0.15, -0.1) is 0 Å². The van der Waals surface area contributed by atoms with Crippen LogP contribution in [0.2, 0.25) is 0 Å². The van der Waals surface area contributed by atoms with Gasteiger partial charge in [0.2, 0.25) is 0 Å². The molecule has 0 N–H and O–H groups in total. The van der Waals surface area contributed by atoms with Crippen molar-refractivity contribution in [2.45, 2.75) is 24.8 Å². The van der Waals surface area contributed by atoms with E-state index >= 15 is 0 Å². The number of aromatic nitrogens is 4. The lowest BCUT2D eigenvalue weighted by atomic mass is 9.85. The van der Waals surface area contributed by atoms with Crippen molar-refractivity contribution in [1.29, 1.82) is 0 Å². The highest BCUT2D eigenvalue weighted by Crippen LogP contribution is 2.41. The second-order valence-corrected chi connectivity index (χ2v) is 5.79. The average molecular weight is 271 g/mol. The van der Waals surface area contributed by atoms with E-state index in [2.05, 4.69) is 14.6 Å². The molecule has 6 heteroatoms. The fraction of sp³-hybridized carbons (Fsp3) is 0.500. The molecule has 1 spiro atoms. The summed E-state index contributed by atoms with van der Waals surface area (Å²) in [5, 5.41) is 4.08. The van der Waals surface area contributed by atoms with Gasteiger partial charge in [0, 0.05) is 50.7 Å². The van der Waals surface area contributed by atoms with E-state index in [1.165, 1.54) is 0 Å². The zero-order chi connectivity index (χ0) is 13.7. The third-order valence-electron chi connectivity index (χ3n) is 4.70. The zero-order valence-electron chi connectivity index (χ0n) is 11.5. The van der Waals surface area contributed by atoms with Crippen LogP contribution in [0.15, 0.2) is 24.7 Å². The number of nitrogens with zero attached hydrogens (tertiary/aromatic N) is 5. The van der Waals surface area contributed by atoms with Gasteiger partial charge in [0.1, 0.15) is 11.5 Å². The maximum absolute atomic E-state index is 12.6. The number of hydrogen-bond acceptors (Lipinski definition) is 3. The Morgan fingerprint density at radius 3 is 2.95 bits per heavy atom. The largest absolute Gasteiger partial charge is 0.336 e. The van der Waals surface area contributed by atoms with Crippen LogP contribution < -0.4 is 0 Å². The fourth-order valence-corrected chi connectivity index (χ4v) is 3.58. The average Bonchev–Trinajstić information content (AvgIpc) is 3.18. The molecule has 20 heavy (non-hydrogen) atoms. The van der Waals surface area contributed by atoms with Crippen molar-refractivity contribution >= 4 is 5.91 Å². The van der Waals surface area contributed by atoms with Gasteiger partial charge in [-0.25, -0.2) is 4.98 Å². The molecule has 0 bridgehead atoms. The van der Waals surface area contributed by atoms with Gasteiger partial charge in [-0.2, -0.15) is 5.10 Å². The Labute approximate surface area is 117 Å². The smallest absolute Gasteiger partial charge is 0.272 e. The lowest BCUT2D eigenvalue weighted by Gasteiger charge is -2.22. The van der Waals surface area contributed by atoms with Crippen molar-refractivity contribution < 1.29 is 4.79 Å². The molecule has 2 aromatic rings. The Morgan fingerprint density at radius 2 is 2.15 bits per heavy atom. The number of hydrogen-bond donors (Lipinski definition) is 0. The van der Waals surface area contributed by atoms with Gasteiger partial charge in [-0.3, -0.25) is 9.48 Å². The van der Waals surface area contributed by atoms with Crippen molar-refractivity contribution in [3.8, 4) is 0 Å². The fourth-order valence-electron chi connectivity index (χ4n) is 3.58. The van der Waals surface area contributed by atoms with E-state index in [0.717, 1.165) is 38.3 Å². The van der Waals surface area contributed by atoms with Crippen LogP contribution in [0.4, 0.5) is 0 Å². The number of amides is 1. The van der Waals surface area contributed by atoms with Crippen LogP contribution in [0.1, 0.15) is 29.2 Å². The first-order valence-electron chi connectivity index (χ1n) is 6.99. The molecule has 1 fully saturated rings. The summed E-state index contributed by atoms with van der Waals surface area (Å²) in [6.07, 6.45) is 7.66. The Balaban J connectivity index is 1.60. The van der Waals surface area contributed by atoms with Crippen LogP contribution in [-0.4, -0.2) is 43.2 Å². The van der Waals surface area contributed by atoms with Crippen molar-refractivity contribution in [3.63, 3.8) is 0 Å². The zero-order valence-corrected chi connectivity index (χ0v) is 11.5. The van der Waals surface area contributed by atoms with Gasteiger partial charge < -0.3 is 9.47 Å². The molecule has 2 aliphatic heterocycles. The van der Waals surface area contributed by atoms with E-state index in [1.807, 2.05) is 17.3 Å². The third kappa shape index (κ3) is 1.47. The summed E-state index contributed by atoms with van der Waals surface area (Å²) >= 11 is 0. The molecule has 0 saturated carbocycles. The number of likely N-dealkylation sites (tertiary alicyclic amines) is 1. The maximum atomic E-state index is 12.6. The summed E-state index contributed by atoms with van der Waals surface area (Å²) in [6.45, 7) is 2.59. The van der Waals surface area contributed by atoms with Crippen LogP contribution in [0.25, 0.3) is 0 Å². The highest BCUT2D eigenvalue weighted by atomic mass is 16.2. The van der Waals surface area contributed by atoms with E-state index in [-0.39, 0.29) is 11.3 Å². The van der Waals surface area contributed by atoms with Crippen molar-refractivity contribution in [1.82, 2.24) is 24.2 Å². The summed E-state index contributed by atoms with van der Waals surface area (Å²) in [5.74, 6) is 1.23. The molecule has 6 nitrogen and oxygen atoms in total. The maximum Gasteiger partial charge on any atom is 0.272 e. The first-order valence-corrected chi connectivity index (χ1v) is 6.99. The summed E-state index contributed by atoms with van der Waals surface area (Å²) < 4.78 is 3.86. The molecular weight excluding hydrogens is 254 g/mol. The predicted molar refractivity (Wildman–Crippen MR) is 72.3 cm³/mol. The SMILES string of the molecule is Cn1nccc1C(=O)N1CCC2(CCn3ccnc32)C1. The second kappa shape index (κ2) is 3.94. The molecule has 2 aromatic heterocycles. The predicted octanol–water partition coefficient (Wildman–Crippen LogP) is 0.804. The Kier molecular flexibility index (Phi) is 2.31. The van der Waals surface area contributed by atoms with Crippen molar-refractivity contribution in [2.75, 3.05) is 13.1 Å². The van der Waals surface area contributed by atoms with E-state index in [1.54, 1.807) is 24.0 Å². The van der Waals surface area contributed by atoms with Crippen LogP contribution in [0.3, 0.4) is 0 Å². The van der Waals surface area contributed by atoms with Gasteiger partial charge in [-0.05, 0) is 18.9 Å². The lowest BCUT2D eigenvalue weighted by molar-refractivity contribution is 0.0772. The molecule has 1 unspecified atom stereocenters. The van der Waals surface area contributed by atoms with E-state index in [4.69, 9.17) is 0 Å². The molecular formula is C14H17N5O. The van der Waals surface area contributed by atoms with Crippen LogP contribution in [0, 0.1) is 0 Å². The lowest BCUT2D eigenvalue weighted by Crippen LogP contribution is -2.34. The summed E-state index contributed by atoms with van der Waals surface area (Å²) in [4.78, 5) is 19.0. The van der Waals surface area contributed by atoms with Gasteiger partial charge in [0.25, 0.3) is 5.91 Å². The molecule has 0 radical (unpaired) electrons. The molecule has 0 aliphatic carbocycles. The number of carbonyl (C=O) groups excluding carboxylic acids is 1. The molecule has 1 amide bonds. The molecule has 1 atom stereocenters. The first-order chi connectivity index (χ1) is 9.70. The normalized spacial score (nSPS) is 24.6. The standard InChI is InChI=1S/C14H17N5O/c1-17-11(2-5-16-17)12(20)19-8-4-14(10-19)3-7-18-9-6-15-13(14)18/h2,5-6,9H,3-4,7-8,10H2,1H3. The Morgan fingerprint density at radius 1 is 1.30 bits per heavy atom. The topological polar surface area (TPSA) is 56.0 Å². The van der Waals surface area contributed by atoms with Gasteiger partial charge >= 0.3 is 0 Å². The number of aryl methyl sites for hydroxylation is 2. The van der Waals surface area contributed by atoms with E-state index in [0.29, 0.717) is 5.69 Å². The molecule has 4 rings (SSSR count). The molecule has 104 valence electrons. The van der Waals surface area contributed by atoms with Crippen molar-refractivity contribution in [3.05, 3.63) is 36.2 Å². The monoisotopic (exact) mass is 271 g/mol. The Bertz CT molecular complexity index is 673. The second-order valence-electron chi connectivity index (χ2n) is 5.79. The number of imidazole rings is 1. The summed E-state index contributed by atoms with van der Waals surface area (Å²) in [5.41, 5.74) is 0.723. The minimum Gasteiger partial charge on any atom is -0.336 e. The molecule has 1 saturated heterocycles. The van der Waals surface area contributed by atoms with Crippen LogP contribution in [0.5, 0.6) is 0 Å². The Hall–Kier alpha value is -2.11. The number of rotatable bonds is 1. The van der Waals surface area contributed by atoms with E-state index < -0.39 is 0 Å². The number of carbonyl (C=O) groups is 1. The molecule has 0 aromatic carbocycles. The minimum atomic E-state index is 0.0672. The first kappa shape index (κ1) is 11.7. The molecule has 4 heterocycles.